The van der Waals surface area contributed by atoms with E-state index in [2.05, 4.69) is 10.3 Å². The van der Waals surface area contributed by atoms with Gasteiger partial charge in [-0.2, -0.15) is 0 Å². The van der Waals surface area contributed by atoms with Gasteiger partial charge in [-0.1, -0.05) is 12.1 Å². The second-order valence-electron chi connectivity index (χ2n) is 5.90. The summed E-state index contributed by atoms with van der Waals surface area (Å²) in [6.07, 6.45) is 3.17. The molecule has 0 unspecified atom stereocenters. The van der Waals surface area contributed by atoms with Crippen molar-refractivity contribution < 1.29 is 9.59 Å². The molecule has 2 amide bonds. The molecule has 1 N–H and O–H groups in total. The van der Waals surface area contributed by atoms with Crippen LogP contribution < -0.4 is 5.32 Å². The van der Waals surface area contributed by atoms with Gasteiger partial charge in [0.05, 0.1) is 10.2 Å². The number of aromatic nitrogens is 1. The van der Waals surface area contributed by atoms with E-state index in [0.29, 0.717) is 24.3 Å². The fourth-order valence-corrected chi connectivity index (χ4v) is 3.55. The Hall–Kier alpha value is -2.99. The van der Waals surface area contributed by atoms with Gasteiger partial charge in [0, 0.05) is 30.4 Å². The van der Waals surface area contributed by atoms with Gasteiger partial charge < -0.3 is 10.2 Å². The maximum absolute atomic E-state index is 12.3. The lowest BCUT2D eigenvalue weighted by Crippen LogP contribution is -2.30. The summed E-state index contributed by atoms with van der Waals surface area (Å²) >= 11 is 1.54. The number of nitrogens with one attached hydrogen (secondary N) is 1. The molecule has 0 aliphatic heterocycles. The summed E-state index contributed by atoms with van der Waals surface area (Å²) in [5, 5.41) is 3.58. The number of benzene rings is 2. The molecule has 27 heavy (non-hydrogen) atoms. The Bertz CT molecular complexity index is 940. The van der Waals surface area contributed by atoms with E-state index < -0.39 is 0 Å². The zero-order valence-electron chi connectivity index (χ0n) is 15.3. The van der Waals surface area contributed by atoms with Gasteiger partial charge in [-0.3, -0.25) is 9.59 Å². The molecule has 2 aromatic carbocycles. The number of para-hydroxylation sites is 1. The van der Waals surface area contributed by atoms with Gasteiger partial charge in [0.1, 0.15) is 5.01 Å². The van der Waals surface area contributed by atoms with Crippen LogP contribution >= 0.6 is 11.3 Å². The second-order valence-corrected chi connectivity index (χ2v) is 6.96. The third-order valence-corrected chi connectivity index (χ3v) is 5.14. The highest BCUT2D eigenvalue weighted by atomic mass is 32.1. The number of hydrogen-bond acceptors (Lipinski definition) is 4. The first kappa shape index (κ1) is 18.8. The van der Waals surface area contributed by atoms with Crippen molar-refractivity contribution in [2.75, 3.05) is 18.4 Å². The largest absolute Gasteiger partial charge is 0.339 e. The molecule has 0 aliphatic rings. The van der Waals surface area contributed by atoms with Crippen LogP contribution in [0.5, 0.6) is 0 Å². The van der Waals surface area contributed by atoms with Crippen molar-refractivity contribution in [2.45, 2.75) is 13.8 Å². The summed E-state index contributed by atoms with van der Waals surface area (Å²) in [4.78, 5) is 30.6. The maximum Gasteiger partial charge on any atom is 0.253 e. The molecule has 0 spiro atoms. The molecule has 0 atom stereocenters. The second kappa shape index (κ2) is 8.60. The molecule has 0 bridgehead atoms. The molecule has 0 fully saturated rings. The van der Waals surface area contributed by atoms with Crippen molar-refractivity contribution in [3.63, 3.8) is 0 Å². The predicted molar refractivity (Wildman–Crippen MR) is 111 cm³/mol. The molecular weight excluding hydrogens is 358 g/mol. The lowest BCUT2D eigenvalue weighted by Gasteiger charge is -2.18. The first-order valence-corrected chi connectivity index (χ1v) is 9.66. The van der Waals surface area contributed by atoms with Crippen molar-refractivity contribution >= 4 is 45.1 Å². The minimum Gasteiger partial charge on any atom is -0.339 e. The minimum atomic E-state index is -0.239. The SMILES string of the molecule is CCN(CC)C(=O)c1ccc(NC(=O)C=Cc2nc3ccccc3s2)cc1. The Labute approximate surface area is 162 Å². The standard InChI is InChI=1S/C21H21N3O2S/c1-3-24(4-2)21(26)15-9-11-16(12-10-15)22-19(25)13-14-20-23-17-7-5-6-8-18(17)27-20/h5-14H,3-4H2,1-2H3,(H,22,25). The smallest absolute Gasteiger partial charge is 0.253 e. The normalized spacial score (nSPS) is 11.0. The van der Waals surface area contributed by atoms with E-state index in [-0.39, 0.29) is 11.8 Å². The summed E-state index contributed by atoms with van der Waals surface area (Å²) in [7, 11) is 0. The quantitative estimate of drug-likeness (QED) is 0.645. The van der Waals surface area contributed by atoms with E-state index in [1.54, 1.807) is 35.2 Å². The fourth-order valence-electron chi connectivity index (χ4n) is 2.68. The molecule has 0 saturated carbocycles. The van der Waals surface area contributed by atoms with E-state index in [0.717, 1.165) is 15.2 Å². The summed E-state index contributed by atoms with van der Waals surface area (Å²) < 4.78 is 1.09. The zero-order chi connectivity index (χ0) is 19.2. The predicted octanol–water partition coefficient (Wildman–Crippen LogP) is 4.43. The Morgan fingerprint density at radius 3 is 2.44 bits per heavy atom. The highest BCUT2D eigenvalue weighted by molar-refractivity contribution is 7.19. The summed E-state index contributed by atoms with van der Waals surface area (Å²) in [5.41, 5.74) is 2.18. The van der Waals surface area contributed by atoms with E-state index in [1.807, 2.05) is 38.1 Å². The monoisotopic (exact) mass is 379 g/mol. The van der Waals surface area contributed by atoms with Crippen LogP contribution in [0.25, 0.3) is 16.3 Å². The molecule has 3 rings (SSSR count). The van der Waals surface area contributed by atoms with Gasteiger partial charge in [-0.15, -0.1) is 11.3 Å². The first-order valence-electron chi connectivity index (χ1n) is 8.84. The number of hydrogen-bond donors (Lipinski definition) is 1. The highest BCUT2D eigenvalue weighted by Gasteiger charge is 2.12. The lowest BCUT2D eigenvalue weighted by molar-refractivity contribution is -0.111. The molecular formula is C21H21N3O2S. The molecule has 5 nitrogen and oxygen atoms in total. The van der Waals surface area contributed by atoms with Gasteiger partial charge in [0.25, 0.3) is 5.91 Å². The van der Waals surface area contributed by atoms with Crippen LogP contribution in [0.3, 0.4) is 0 Å². The Balaban J connectivity index is 1.62. The number of carbonyl (C=O) groups is 2. The van der Waals surface area contributed by atoms with Crippen molar-refractivity contribution in [2.24, 2.45) is 0 Å². The third-order valence-electron chi connectivity index (χ3n) is 4.14. The molecule has 0 aliphatic carbocycles. The summed E-state index contributed by atoms with van der Waals surface area (Å²) in [6, 6.07) is 14.8. The first-order chi connectivity index (χ1) is 13.1. The van der Waals surface area contributed by atoms with E-state index in [4.69, 9.17) is 0 Å². The molecule has 1 heterocycles. The van der Waals surface area contributed by atoms with Gasteiger partial charge in [0.15, 0.2) is 0 Å². The molecule has 0 radical (unpaired) electrons. The van der Waals surface area contributed by atoms with Crippen LogP contribution in [0.4, 0.5) is 5.69 Å². The van der Waals surface area contributed by atoms with E-state index >= 15 is 0 Å². The summed E-state index contributed by atoms with van der Waals surface area (Å²) in [5.74, 6) is -0.245. The molecule has 0 saturated heterocycles. The third kappa shape index (κ3) is 4.60. The fraction of sp³-hybridized carbons (Fsp3) is 0.190. The number of thiazole rings is 1. The average Bonchev–Trinajstić information content (AvgIpc) is 3.11. The molecule has 1 aromatic heterocycles. The molecule has 3 aromatic rings. The Morgan fingerprint density at radius 1 is 1.07 bits per heavy atom. The topological polar surface area (TPSA) is 62.3 Å². The van der Waals surface area contributed by atoms with E-state index in [9.17, 15) is 9.59 Å². The number of rotatable bonds is 6. The number of fused-ring (bicyclic) bond motifs is 1. The zero-order valence-corrected chi connectivity index (χ0v) is 16.1. The van der Waals surface area contributed by atoms with Gasteiger partial charge >= 0.3 is 0 Å². The van der Waals surface area contributed by atoms with E-state index in [1.165, 1.54) is 17.4 Å². The van der Waals surface area contributed by atoms with Crippen molar-refractivity contribution in [3.8, 4) is 0 Å². The number of anilines is 1. The van der Waals surface area contributed by atoms with Crippen molar-refractivity contribution in [1.82, 2.24) is 9.88 Å². The Morgan fingerprint density at radius 2 is 1.78 bits per heavy atom. The molecule has 138 valence electrons. The van der Waals surface area contributed by atoms with Crippen LogP contribution in [0.1, 0.15) is 29.2 Å². The van der Waals surface area contributed by atoms with Gasteiger partial charge in [0.2, 0.25) is 5.91 Å². The summed E-state index contributed by atoms with van der Waals surface area (Å²) in [6.45, 7) is 5.25. The van der Waals surface area contributed by atoms with Crippen LogP contribution in [0.15, 0.2) is 54.6 Å². The average molecular weight is 379 g/mol. The van der Waals surface area contributed by atoms with Crippen LogP contribution in [0.2, 0.25) is 0 Å². The van der Waals surface area contributed by atoms with Gasteiger partial charge in [-0.05, 0) is 56.3 Å². The number of carbonyl (C=O) groups excluding carboxylic acids is 2. The number of amides is 2. The lowest BCUT2D eigenvalue weighted by atomic mass is 10.1. The van der Waals surface area contributed by atoms with Crippen molar-refractivity contribution in [1.29, 1.82) is 0 Å². The van der Waals surface area contributed by atoms with Crippen LogP contribution in [-0.2, 0) is 4.79 Å². The Kier molecular flexibility index (Phi) is 5.98. The van der Waals surface area contributed by atoms with Gasteiger partial charge in [-0.25, -0.2) is 4.98 Å². The van der Waals surface area contributed by atoms with Crippen LogP contribution in [-0.4, -0.2) is 34.8 Å². The number of nitrogens with zero attached hydrogens (tertiary/aromatic N) is 2. The van der Waals surface area contributed by atoms with Crippen molar-refractivity contribution in [3.05, 3.63) is 65.2 Å². The van der Waals surface area contributed by atoms with Crippen LogP contribution in [0, 0.1) is 0 Å². The highest BCUT2D eigenvalue weighted by Crippen LogP contribution is 2.22. The molecule has 6 heteroatoms. The minimum absolute atomic E-state index is 0.00592. The maximum atomic E-state index is 12.3.